The first-order valence-electron chi connectivity index (χ1n) is 9.42. The van der Waals surface area contributed by atoms with Crippen molar-refractivity contribution in [1.82, 2.24) is 14.7 Å². The maximum Gasteiger partial charge on any atom is 0.236 e. The highest BCUT2D eigenvalue weighted by Crippen LogP contribution is 2.40. The van der Waals surface area contributed by atoms with Gasteiger partial charge in [-0.15, -0.1) is 0 Å². The highest BCUT2D eigenvalue weighted by Gasteiger charge is 2.47. The van der Waals surface area contributed by atoms with Gasteiger partial charge in [0.2, 0.25) is 5.91 Å². The molecule has 3 aliphatic rings. The number of ether oxygens (including phenoxy) is 1. The number of carbonyl (C=O) groups is 1. The van der Waals surface area contributed by atoms with Crippen LogP contribution in [-0.2, 0) is 9.53 Å². The predicted octanol–water partition coefficient (Wildman–Crippen LogP) is 0.402. The molecule has 3 saturated heterocycles. The van der Waals surface area contributed by atoms with Crippen LogP contribution in [0, 0.1) is 5.41 Å². The van der Waals surface area contributed by atoms with Crippen molar-refractivity contribution in [1.29, 1.82) is 0 Å². The Labute approximate surface area is 145 Å². The van der Waals surface area contributed by atoms with Crippen molar-refractivity contribution in [2.45, 2.75) is 44.2 Å². The molecule has 6 heteroatoms. The fourth-order valence-electron chi connectivity index (χ4n) is 4.69. The summed E-state index contributed by atoms with van der Waals surface area (Å²) >= 11 is 0. The van der Waals surface area contributed by atoms with Crippen LogP contribution in [0.2, 0.25) is 0 Å². The van der Waals surface area contributed by atoms with Crippen molar-refractivity contribution in [2.24, 2.45) is 5.41 Å². The zero-order valence-corrected chi connectivity index (χ0v) is 15.2. The van der Waals surface area contributed by atoms with Crippen molar-refractivity contribution < 1.29 is 14.6 Å². The van der Waals surface area contributed by atoms with Gasteiger partial charge in [0.25, 0.3) is 0 Å². The van der Waals surface area contributed by atoms with Crippen LogP contribution in [0.3, 0.4) is 0 Å². The zero-order valence-electron chi connectivity index (χ0n) is 15.2. The van der Waals surface area contributed by atoms with Gasteiger partial charge in [-0.1, -0.05) is 0 Å². The van der Waals surface area contributed by atoms with Crippen LogP contribution in [0.4, 0.5) is 0 Å². The zero-order chi connectivity index (χ0) is 17.2. The fourth-order valence-corrected chi connectivity index (χ4v) is 4.69. The molecule has 0 bridgehead atoms. The normalized spacial score (nSPS) is 33.3. The molecule has 1 spiro atoms. The quantitative estimate of drug-likeness (QED) is 0.807. The summed E-state index contributed by atoms with van der Waals surface area (Å²) in [6, 6.07) is 0.580. The standard InChI is InChI=1S/C18H33N3O3/c1-19(2)12-17(23)21-8-3-7-18(14-21)13-20(9-4-16(18)22)15-5-10-24-11-6-15/h15-16,22H,3-14H2,1-2H3/t16-,18-/m1/s1. The van der Waals surface area contributed by atoms with Gasteiger partial charge in [-0.3, -0.25) is 9.69 Å². The minimum Gasteiger partial charge on any atom is -0.392 e. The average Bonchev–Trinajstić information content (AvgIpc) is 2.58. The van der Waals surface area contributed by atoms with Gasteiger partial charge < -0.3 is 19.6 Å². The molecule has 1 N–H and O–H groups in total. The number of aliphatic hydroxyl groups excluding tert-OH is 1. The first-order valence-corrected chi connectivity index (χ1v) is 9.42. The van der Waals surface area contributed by atoms with Crippen molar-refractivity contribution in [3.8, 4) is 0 Å². The van der Waals surface area contributed by atoms with E-state index in [0.29, 0.717) is 19.1 Å². The van der Waals surface area contributed by atoms with Gasteiger partial charge in [0.05, 0.1) is 12.6 Å². The van der Waals surface area contributed by atoms with Crippen LogP contribution in [-0.4, -0.2) is 97.9 Å². The molecule has 0 saturated carbocycles. The number of piperidine rings is 2. The number of nitrogens with zero attached hydrogens (tertiary/aromatic N) is 3. The lowest BCUT2D eigenvalue weighted by molar-refractivity contribution is -0.143. The van der Waals surface area contributed by atoms with Gasteiger partial charge in [-0.05, 0) is 46.2 Å². The lowest BCUT2D eigenvalue weighted by Crippen LogP contribution is -2.62. The Hall–Kier alpha value is -0.690. The number of rotatable bonds is 3. The van der Waals surface area contributed by atoms with Crippen LogP contribution in [0.25, 0.3) is 0 Å². The summed E-state index contributed by atoms with van der Waals surface area (Å²) in [5.74, 6) is 0.189. The smallest absolute Gasteiger partial charge is 0.236 e. The SMILES string of the molecule is CN(C)CC(=O)N1CCC[C@]2(C1)CN(C1CCOCC1)CC[C@H]2O. The lowest BCUT2D eigenvalue weighted by atomic mass is 9.71. The molecule has 24 heavy (non-hydrogen) atoms. The molecule has 1 amide bonds. The molecule has 0 aromatic rings. The van der Waals surface area contributed by atoms with E-state index in [-0.39, 0.29) is 17.4 Å². The van der Waals surface area contributed by atoms with Crippen molar-refractivity contribution in [3.05, 3.63) is 0 Å². The fraction of sp³-hybridized carbons (Fsp3) is 0.944. The second-order valence-electron chi connectivity index (χ2n) is 8.14. The number of amides is 1. The Balaban J connectivity index is 1.67. The van der Waals surface area contributed by atoms with E-state index in [1.54, 1.807) is 0 Å². The third kappa shape index (κ3) is 3.93. The molecular formula is C18H33N3O3. The second kappa shape index (κ2) is 7.68. The first kappa shape index (κ1) is 18.1. The van der Waals surface area contributed by atoms with Gasteiger partial charge >= 0.3 is 0 Å². The van der Waals surface area contributed by atoms with E-state index in [2.05, 4.69) is 4.90 Å². The number of hydrogen-bond donors (Lipinski definition) is 1. The monoisotopic (exact) mass is 339 g/mol. The number of hydrogen-bond acceptors (Lipinski definition) is 5. The molecule has 3 fully saturated rings. The molecule has 2 atom stereocenters. The predicted molar refractivity (Wildman–Crippen MR) is 92.8 cm³/mol. The summed E-state index contributed by atoms with van der Waals surface area (Å²) < 4.78 is 5.50. The first-order chi connectivity index (χ1) is 11.5. The maximum absolute atomic E-state index is 12.5. The highest BCUT2D eigenvalue weighted by molar-refractivity contribution is 5.78. The van der Waals surface area contributed by atoms with E-state index in [9.17, 15) is 9.90 Å². The maximum atomic E-state index is 12.5. The van der Waals surface area contributed by atoms with Crippen molar-refractivity contribution in [2.75, 3.05) is 60.0 Å². The Kier molecular flexibility index (Phi) is 5.80. The summed E-state index contributed by atoms with van der Waals surface area (Å²) in [5.41, 5.74) is -0.142. The molecule has 0 aliphatic carbocycles. The number of likely N-dealkylation sites (N-methyl/N-ethyl adjacent to an activating group) is 1. The van der Waals surface area contributed by atoms with Crippen LogP contribution >= 0.6 is 0 Å². The molecule has 0 aromatic carbocycles. The topological polar surface area (TPSA) is 56.3 Å². The molecule has 6 nitrogen and oxygen atoms in total. The molecule has 0 unspecified atom stereocenters. The van der Waals surface area contributed by atoms with Crippen LogP contribution in [0.15, 0.2) is 0 Å². The lowest BCUT2D eigenvalue weighted by Gasteiger charge is -2.53. The van der Waals surface area contributed by atoms with Gasteiger partial charge in [-0.25, -0.2) is 0 Å². The highest BCUT2D eigenvalue weighted by atomic mass is 16.5. The summed E-state index contributed by atoms with van der Waals surface area (Å²) in [5, 5.41) is 10.8. The van der Waals surface area contributed by atoms with Gasteiger partial charge in [0, 0.05) is 50.8 Å². The molecule has 0 radical (unpaired) electrons. The van der Waals surface area contributed by atoms with E-state index in [0.717, 1.165) is 65.0 Å². The van der Waals surface area contributed by atoms with E-state index >= 15 is 0 Å². The van der Waals surface area contributed by atoms with Crippen molar-refractivity contribution in [3.63, 3.8) is 0 Å². The number of aliphatic hydroxyl groups is 1. The van der Waals surface area contributed by atoms with E-state index in [4.69, 9.17) is 4.74 Å². The third-order valence-corrected chi connectivity index (χ3v) is 6.03. The second-order valence-corrected chi connectivity index (χ2v) is 8.14. The average molecular weight is 339 g/mol. The van der Waals surface area contributed by atoms with Crippen LogP contribution < -0.4 is 0 Å². The Morgan fingerprint density at radius 3 is 2.67 bits per heavy atom. The minimum absolute atomic E-state index is 0.142. The third-order valence-electron chi connectivity index (χ3n) is 6.03. The minimum atomic E-state index is -0.288. The largest absolute Gasteiger partial charge is 0.392 e. The van der Waals surface area contributed by atoms with Gasteiger partial charge in [-0.2, -0.15) is 0 Å². The van der Waals surface area contributed by atoms with Crippen LogP contribution in [0.5, 0.6) is 0 Å². The van der Waals surface area contributed by atoms with Crippen LogP contribution in [0.1, 0.15) is 32.1 Å². The van der Waals surface area contributed by atoms with E-state index < -0.39 is 0 Å². The van der Waals surface area contributed by atoms with E-state index in [1.165, 1.54) is 0 Å². The Bertz CT molecular complexity index is 439. The number of likely N-dealkylation sites (tertiary alicyclic amines) is 2. The summed E-state index contributed by atoms with van der Waals surface area (Å²) in [6.45, 7) is 5.59. The molecule has 3 aliphatic heterocycles. The molecule has 3 rings (SSSR count). The molecule has 138 valence electrons. The Morgan fingerprint density at radius 2 is 1.96 bits per heavy atom. The summed E-state index contributed by atoms with van der Waals surface area (Å²) in [7, 11) is 3.86. The molecule has 3 heterocycles. The van der Waals surface area contributed by atoms with Gasteiger partial charge in [0.1, 0.15) is 0 Å². The van der Waals surface area contributed by atoms with E-state index in [1.807, 2.05) is 23.9 Å². The Morgan fingerprint density at radius 1 is 1.21 bits per heavy atom. The molecule has 0 aromatic heterocycles. The van der Waals surface area contributed by atoms with Crippen molar-refractivity contribution >= 4 is 5.91 Å². The summed E-state index contributed by atoms with van der Waals surface area (Å²) in [6.07, 6.45) is 4.75. The summed E-state index contributed by atoms with van der Waals surface area (Å²) in [4.78, 5) is 19.0. The van der Waals surface area contributed by atoms with Gasteiger partial charge in [0.15, 0.2) is 0 Å². The molecular weight excluding hydrogens is 306 g/mol. The number of carbonyl (C=O) groups excluding carboxylic acids is 1.